The molecule has 19 heavy (non-hydrogen) atoms. The summed E-state index contributed by atoms with van der Waals surface area (Å²) >= 11 is 12.2. The molecule has 0 radical (unpaired) electrons. The number of nitrogens with zero attached hydrogens (tertiary/aromatic N) is 4. The topological polar surface area (TPSA) is 69.6 Å². The van der Waals surface area contributed by atoms with Gasteiger partial charge in [0, 0.05) is 17.8 Å². The highest BCUT2D eigenvalue weighted by Gasteiger charge is 2.22. The fourth-order valence-electron chi connectivity index (χ4n) is 2.03. The van der Waals surface area contributed by atoms with Gasteiger partial charge in [0.15, 0.2) is 5.82 Å². The average Bonchev–Trinajstić information content (AvgIpc) is 3.09. The lowest BCUT2D eigenvalue weighted by molar-refractivity contribution is 0.535. The predicted octanol–water partition coefficient (Wildman–Crippen LogP) is 3.03. The Morgan fingerprint density at radius 2 is 2.11 bits per heavy atom. The number of tetrazole rings is 1. The summed E-state index contributed by atoms with van der Waals surface area (Å²) in [6, 6.07) is 3.36. The van der Waals surface area contributed by atoms with Crippen molar-refractivity contribution >= 4 is 28.9 Å². The Labute approximate surface area is 120 Å². The van der Waals surface area contributed by atoms with Crippen LogP contribution >= 0.6 is 23.2 Å². The van der Waals surface area contributed by atoms with Gasteiger partial charge in [0.25, 0.3) is 0 Å². The number of anilines is 1. The fraction of sp³-hybridized carbons (Fsp3) is 0.417. The summed E-state index contributed by atoms with van der Waals surface area (Å²) in [5, 5.41) is 12.6. The number of nitrogen functional groups attached to an aromatic ring is 1. The van der Waals surface area contributed by atoms with Crippen molar-refractivity contribution in [3.05, 3.63) is 22.2 Å². The van der Waals surface area contributed by atoms with E-state index in [1.165, 1.54) is 12.8 Å². The van der Waals surface area contributed by atoms with Crippen LogP contribution in [0.1, 0.15) is 19.3 Å². The first-order valence-corrected chi connectivity index (χ1v) is 6.92. The SMILES string of the molecule is Nc1cc(Cl)c(Cl)c(-c2nnnn2CCC2CC2)c1. The lowest BCUT2D eigenvalue weighted by atomic mass is 10.2. The van der Waals surface area contributed by atoms with Crippen LogP contribution in [0, 0.1) is 5.92 Å². The lowest BCUT2D eigenvalue weighted by Crippen LogP contribution is -2.04. The van der Waals surface area contributed by atoms with Crippen molar-refractivity contribution in [2.75, 3.05) is 5.73 Å². The Hall–Kier alpha value is -1.33. The van der Waals surface area contributed by atoms with Crippen molar-refractivity contribution in [2.45, 2.75) is 25.8 Å². The number of benzene rings is 1. The van der Waals surface area contributed by atoms with E-state index in [4.69, 9.17) is 28.9 Å². The molecule has 0 spiro atoms. The maximum atomic E-state index is 6.21. The molecule has 0 aliphatic heterocycles. The second-order valence-electron chi connectivity index (χ2n) is 4.82. The zero-order chi connectivity index (χ0) is 13.4. The molecule has 1 heterocycles. The molecule has 0 bridgehead atoms. The van der Waals surface area contributed by atoms with Crippen LogP contribution in [0.4, 0.5) is 5.69 Å². The molecule has 1 aliphatic carbocycles. The second kappa shape index (κ2) is 4.98. The van der Waals surface area contributed by atoms with E-state index >= 15 is 0 Å². The predicted molar refractivity (Wildman–Crippen MR) is 75.0 cm³/mol. The Morgan fingerprint density at radius 1 is 1.32 bits per heavy atom. The summed E-state index contributed by atoms with van der Waals surface area (Å²) in [5.41, 5.74) is 7.01. The summed E-state index contributed by atoms with van der Waals surface area (Å²) in [6.07, 6.45) is 3.70. The molecule has 1 saturated carbocycles. The molecule has 0 amide bonds. The number of nitrogens with two attached hydrogens (primary N) is 1. The standard InChI is InChI=1S/C12H13Cl2N5/c13-10-6-8(15)5-9(11(10)14)12-16-17-18-19(12)4-3-7-1-2-7/h5-7H,1-4,15H2. The first-order valence-electron chi connectivity index (χ1n) is 6.16. The van der Waals surface area contributed by atoms with Crippen molar-refractivity contribution in [1.29, 1.82) is 0 Å². The average molecular weight is 298 g/mol. The smallest absolute Gasteiger partial charge is 0.183 e. The highest BCUT2D eigenvalue weighted by molar-refractivity contribution is 6.43. The molecule has 0 unspecified atom stereocenters. The van der Waals surface area contributed by atoms with Crippen molar-refractivity contribution in [1.82, 2.24) is 20.2 Å². The van der Waals surface area contributed by atoms with E-state index < -0.39 is 0 Å². The van der Waals surface area contributed by atoms with Gasteiger partial charge in [-0.05, 0) is 34.9 Å². The summed E-state index contributed by atoms with van der Waals surface area (Å²) < 4.78 is 1.76. The molecule has 2 N–H and O–H groups in total. The Balaban J connectivity index is 1.94. The molecule has 5 nitrogen and oxygen atoms in total. The van der Waals surface area contributed by atoms with Crippen LogP contribution in [0.15, 0.2) is 12.1 Å². The van der Waals surface area contributed by atoms with Crippen LogP contribution in [0.5, 0.6) is 0 Å². The van der Waals surface area contributed by atoms with Gasteiger partial charge in [-0.2, -0.15) is 0 Å². The van der Waals surface area contributed by atoms with Gasteiger partial charge in [-0.25, -0.2) is 4.68 Å². The Kier molecular flexibility index (Phi) is 3.33. The number of halogens is 2. The number of aryl methyl sites for hydroxylation is 1. The monoisotopic (exact) mass is 297 g/mol. The van der Waals surface area contributed by atoms with Gasteiger partial charge in [0.2, 0.25) is 0 Å². The second-order valence-corrected chi connectivity index (χ2v) is 5.61. The van der Waals surface area contributed by atoms with E-state index in [2.05, 4.69) is 15.5 Å². The van der Waals surface area contributed by atoms with E-state index in [0.29, 0.717) is 27.1 Å². The Bertz CT molecular complexity index is 606. The normalized spacial score (nSPS) is 14.8. The first kappa shape index (κ1) is 12.7. The largest absolute Gasteiger partial charge is 0.399 e. The molecular weight excluding hydrogens is 285 g/mol. The van der Waals surface area contributed by atoms with Crippen LogP contribution in [0.25, 0.3) is 11.4 Å². The van der Waals surface area contributed by atoms with Crippen LogP contribution in [0.2, 0.25) is 10.0 Å². The third kappa shape index (κ3) is 2.67. The minimum atomic E-state index is 0.411. The van der Waals surface area contributed by atoms with Crippen molar-refractivity contribution < 1.29 is 0 Å². The minimum absolute atomic E-state index is 0.411. The first-order chi connectivity index (χ1) is 9.15. The highest BCUT2D eigenvalue weighted by atomic mass is 35.5. The molecule has 3 rings (SSSR count). The minimum Gasteiger partial charge on any atom is -0.399 e. The maximum Gasteiger partial charge on any atom is 0.183 e. The van der Waals surface area contributed by atoms with Crippen molar-refractivity contribution in [3.8, 4) is 11.4 Å². The third-order valence-electron chi connectivity index (χ3n) is 3.27. The van der Waals surface area contributed by atoms with Gasteiger partial charge in [0.05, 0.1) is 10.0 Å². The third-order valence-corrected chi connectivity index (χ3v) is 4.07. The van der Waals surface area contributed by atoms with E-state index in [-0.39, 0.29) is 0 Å². The van der Waals surface area contributed by atoms with Gasteiger partial charge in [-0.3, -0.25) is 0 Å². The van der Waals surface area contributed by atoms with Crippen molar-refractivity contribution in [3.63, 3.8) is 0 Å². The Morgan fingerprint density at radius 3 is 2.84 bits per heavy atom. The van der Waals surface area contributed by atoms with E-state index in [0.717, 1.165) is 18.9 Å². The zero-order valence-corrected chi connectivity index (χ0v) is 11.7. The molecule has 1 aliphatic rings. The summed E-state index contributed by atoms with van der Waals surface area (Å²) in [7, 11) is 0. The summed E-state index contributed by atoms with van der Waals surface area (Å²) in [5.74, 6) is 1.43. The molecule has 1 fully saturated rings. The van der Waals surface area contributed by atoms with Gasteiger partial charge in [-0.15, -0.1) is 5.10 Å². The summed E-state index contributed by atoms with van der Waals surface area (Å²) in [4.78, 5) is 0. The van der Waals surface area contributed by atoms with Crippen LogP contribution in [-0.2, 0) is 6.54 Å². The number of aromatic nitrogens is 4. The highest BCUT2D eigenvalue weighted by Crippen LogP contribution is 2.36. The number of hydrogen-bond acceptors (Lipinski definition) is 4. The molecule has 1 aromatic heterocycles. The van der Waals surface area contributed by atoms with Crippen molar-refractivity contribution in [2.24, 2.45) is 5.92 Å². The maximum absolute atomic E-state index is 6.21. The van der Waals surface area contributed by atoms with Gasteiger partial charge in [0.1, 0.15) is 0 Å². The zero-order valence-electron chi connectivity index (χ0n) is 10.2. The molecule has 7 heteroatoms. The van der Waals surface area contributed by atoms with Crippen LogP contribution < -0.4 is 5.73 Å². The van der Waals surface area contributed by atoms with Crippen LogP contribution in [-0.4, -0.2) is 20.2 Å². The molecular formula is C12H13Cl2N5. The van der Waals surface area contributed by atoms with Crippen LogP contribution in [0.3, 0.4) is 0 Å². The summed E-state index contributed by atoms with van der Waals surface area (Å²) in [6.45, 7) is 0.787. The van der Waals surface area contributed by atoms with E-state index in [1.54, 1.807) is 16.8 Å². The molecule has 0 saturated heterocycles. The number of rotatable bonds is 4. The lowest BCUT2D eigenvalue weighted by Gasteiger charge is -2.08. The van der Waals surface area contributed by atoms with E-state index in [1.807, 2.05) is 0 Å². The molecule has 100 valence electrons. The fourth-order valence-corrected chi connectivity index (χ4v) is 2.45. The van der Waals surface area contributed by atoms with Gasteiger partial charge >= 0.3 is 0 Å². The number of hydrogen-bond donors (Lipinski definition) is 1. The molecule has 2 aromatic rings. The van der Waals surface area contributed by atoms with Gasteiger partial charge in [-0.1, -0.05) is 36.0 Å². The van der Waals surface area contributed by atoms with E-state index in [9.17, 15) is 0 Å². The molecule has 0 atom stereocenters. The quantitative estimate of drug-likeness (QED) is 0.881. The van der Waals surface area contributed by atoms with Gasteiger partial charge < -0.3 is 5.73 Å². The molecule has 1 aromatic carbocycles.